The van der Waals surface area contributed by atoms with Gasteiger partial charge in [-0.1, -0.05) is 6.07 Å². The summed E-state index contributed by atoms with van der Waals surface area (Å²) in [5, 5.41) is 11.6. The minimum absolute atomic E-state index is 0.101. The maximum absolute atomic E-state index is 11.6. The Labute approximate surface area is 124 Å². The maximum Gasteiger partial charge on any atom is 0.165 e. The zero-order chi connectivity index (χ0) is 14.2. The number of nitrogens with zero attached hydrogens (tertiary/aromatic N) is 1. The van der Waals surface area contributed by atoms with E-state index in [1.54, 1.807) is 7.11 Å². The summed E-state index contributed by atoms with van der Waals surface area (Å²) in [7, 11) is 1.70. The number of hydrogen-bond donors (Lipinski definition) is 1. The summed E-state index contributed by atoms with van der Waals surface area (Å²) in [5.41, 5.74) is 1.64. The van der Waals surface area contributed by atoms with Crippen LogP contribution < -0.4 is 9.47 Å². The first-order valence-electron chi connectivity index (χ1n) is 8.05. The van der Waals surface area contributed by atoms with Crippen LogP contribution in [0.4, 0.5) is 0 Å². The smallest absolute Gasteiger partial charge is 0.165 e. The molecule has 1 N–H and O–H groups in total. The lowest BCUT2D eigenvalue weighted by Crippen LogP contribution is -2.62. The van der Waals surface area contributed by atoms with Crippen LogP contribution in [0.2, 0.25) is 0 Å². The molecule has 0 aromatic heterocycles. The number of methoxy groups -OCH3 is 1. The minimum atomic E-state index is -0.723. The Morgan fingerprint density at radius 3 is 3.10 bits per heavy atom. The SMILES string of the molecule is COc1ccc2c3c1O[C@H]1CCC[C@]4(O)N(CC2)CC[C@]314. The van der Waals surface area contributed by atoms with Crippen molar-refractivity contribution in [3.8, 4) is 11.5 Å². The second-order valence-electron chi connectivity index (χ2n) is 6.90. The van der Waals surface area contributed by atoms with Crippen LogP contribution in [0.3, 0.4) is 0 Å². The van der Waals surface area contributed by atoms with Gasteiger partial charge in [0.2, 0.25) is 0 Å². The van der Waals surface area contributed by atoms with Crippen molar-refractivity contribution in [3.63, 3.8) is 0 Å². The fourth-order valence-corrected chi connectivity index (χ4v) is 5.48. The van der Waals surface area contributed by atoms with Crippen LogP contribution in [-0.4, -0.2) is 42.0 Å². The lowest BCUT2D eigenvalue weighted by atomic mass is 9.62. The first kappa shape index (κ1) is 12.3. The average Bonchev–Trinajstić information content (AvgIpc) is 2.92. The van der Waals surface area contributed by atoms with Gasteiger partial charge in [-0.2, -0.15) is 0 Å². The van der Waals surface area contributed by atoms with E-state index in [2.05, 4.69) is 11.0 Å². The summed E-state index contributed by atoms with van der Waals surface area (Å²) in [6.07, 6.45) is 5.03. The van der Waals surface area contributed by atoms with Gasteiger partial charge in [0.05, 0.1) is 12.5 Å². The summed E-state index contributed by atoms with van der Waals surface area (Å²) in [5.74, 6) is 1.73. The Balaban J connectivity index is 1.85. The molecule has 0 amide bonds. The number of benzene rings is 1. The molecular formula is C17H21NO3. The normalized spacial score (nSPS) is 42.2. The average molecular weight is 287 g/mol. The van der Waals surface area contributed by atoms with Gasteiger partial charge in [-0.05, 0) is 43.7 Å². The largest absolute Gasteiger partial charge is 0.493 e. The molecule has 1 unspecified atom stereocenters. The predicted octanol–water partition coefficient (Wildman–Crippen LogP) is 1.83. The molecule has 1 aromatic rings. The van der Waals surface area contributed by atoms with Gasteiger partial charge in [0.25, 0.3) is 0 Å². The van der Waals surface area contributed by atoms with Crippen LogP contribution in [0, 0.1) is 0 Å². The van der Waals surface area contributed by atoms with Crippen molar-refractivity contribution in [2.75, 3.05) is 20.2 Å². The summed E-state index contributed by atoms with van der Waals surface area (Å²) < 4.78 is 11.9. The van der Waals surface area contributed by atoms with Gasteiger partial charge >= 0.3 is 0 Å². The highest BCUT2D eigenvalue weighted by molar-refractivity contribution is 5.61. The van der Waals surface area contributed by atoms with Crippen LogP contribution in [-0.2, 0) is 11.8 Å². The number of rotatable bonds is 1. The van der Waals surface area contributed by atoms with Gasteiger partial charge in [0.15, 0.2) is 11.5 Å². The summed E-state index contributed by atoms with van der Waals surface area (Å²) in [6, 6.07) is 4.20. The molecule has 1 saturated carbocycles. The van der Waals surface area contributed by atoms with E-state index in [0.717, 1.165) is 56.7 Å². The van der Waals surface area contributed by atoms with Crippen molar-refractivity contribution in [2.45, 2.75) is 49.3 Å². The standard InChI is InChI=1S/C17H21NO3/c1-20-12-5-4-11-6-9-18-10-8-16-13(21-15(12)14(11)16)3-2-7-17(16,18)19/h4-5,13,19H,2-3,6-10H2,1H3/t13-,16+,17+/m0/s1. The first-order valence-corrected chi connectivity index (χ1v) is 8.05. The van der Waals surface area contributed by atoms with Crippen molar-refractivity contribution < 1.29 is 14.6 Å². The van der Waals surface area contributed by atoms with E-state index < -0.39 is 5.72 Å². The third kappa shape index (κ3) is 1.18. The molecule has 1 spiro atoms. The Morgan fingerprint density at radius 2 is 2.24 bits per heavy atom. The third-order valence-electron chi connectivity index (χ3n) is 6.34. The van der Waals surface area contributed by atoms with Crippen LogP contribution >= 0.6 is 0 Å². The molecule has 4 aliphatic rings. The maximum atomic E-state index is 11.6. The van der Waals surface area contributed by atoms with Crippen molar-refractivity contribution in [2.24, 2.45) is 0 Å². The van der Waals surface area contributed by atoms with Gasteiger partial charge in [-0.3, -0.25) is 4.90 Å². The molecule has 3 heterocycles. The Kier molecular flexibility index (Phi) is 2.19. The van der Waals surface area contributed by atoms with Crippen molar-refractivity contribution in [1.82, 2.24) is 4.90 Å². The quantitative estimate of drug-likeness (QED) is 0.855. The molecule has 1 aliphatic carbocycles. The molecule has 4 heteroatoms. The molecule has 2 bridgehead atoms. The van der Waals surface area contributed by atoms with Crippen LogP contribution in [0.15, 0.2) is 12.1 Å². The lowest BCUT2D eigenvalue weighted by molar-refractivity contribution is -0.162. The monoisotopic (exact) mass is 287 g/mol. The van der Waals surface area contributed by atoms with E-state index in [-0.39, 0.29) is 11.5 Å². The molecular weight excluding hydrogens is 266 g/mol. The first-order chi connectivity index (χ1) is 10.2. The van der Waals surface area contributed by atoms with Crippen LogP contribution in [0.1, 0.15) is 36.8 Å². The predicted molar refractivity (Wildman–Crippen MR) is 77.8 cm³/mol. The van der Waals surface area contributed by atoms with Crippen LogP contribution in [0.5, 0.6) is 11.5 Å². The molecule has 4 atom stereocenters. The fraction of sp³-hybridized carbons (Fsp3) is 0.647. The molecule has 1 saturated heterocycles. The summed E-state index contributed by atoms with van der Waals surface area (Å²) in [4.78, 5) is 2.31. The fourth-order valence-electron chi connectivity index (χ4n) is 5.48. The van der Waals surface area contributed by atoms with Gasteiger partial charge in [0.1, 0.15) is 11.8 Å². The highest BCUT2D eigenvalue weighted by atomic mass is 16.5. The van der Waals surface area contributed by atoms with Crippen molar-refractivity contribution >= 4 is 0 Å². The molecule has 2 fully saturated rings. The molecule has 0 radical (unpaired) electrons. The molecule has 21 heavy (non-hydrogen) atoms. The van der Waals surface area contributed by atoms with E-state index in [0.29, 0.717) is 0 Å². The number of aliphatic hydroxyl groups is 1. The van der Waals surface area contributed by atoms with Crippen molar-refractivity contribution in [3.05, 3.63) is 23.3 Å². The second kappa shape index (κ2) is 3.73. The van der Waals surface area contributed by atoms with Gasteiger partial charge in [-0.25, -0.2) is 0 Å². The Bertz CT molecular complexity index is 631. The second-order valence-corrected chi connectivity index (χ2v) is 6.90. The van der Waals surface area contributed by atoms with E-state index in [1.165, 1.54) is 11.1 Å². The summed E-state index contributed by atoms with van der Waals surface area (Å²) >= 11 is 0. The van der Waals surface area contributed by atoms with Crippen molar-refractivity contribution in [1.29, 1.82) is 0 Å². The third-order valence-corrected chi connectivity index (χ3v) is 6.34. The molecule has 112 valence electrons. The zero-order valence-electron chi connectivity index (χ0n) is 12.4. The van der Waals surface area contributed by atoms with E-state index in [1.807, 2.05) is 6.07 Å². The Hall–Kier alpha value is -1.26. The topological polar surface area (TPSA) is 41.9 Å². The number of hydrogen-bond acceptors (Lipinski definition) is 4. The van der Waals surface area contributed by atoms with Gasteiger partial charge in [-0.15, -0.1) is 0 Å². The molecule has 1 aromatic carbocycles. The van der Waals surface area contributed by atoms with E-state index in [9.17, 15) is 5.11 Å². The molecule has 4 nitrogen and oxygen atoms in total. The van der Waals surface area contributed by atoms with Gasteiger partial charge < -0.3 is 14.6 Å². The van der Waals surface area contributed by atoms with E-state index in [4.69, 9.17) is 9.47 Å². The van der Waals surface area contributed by atoms with E-state index >= 15 is 0 Å². The lowest BCUT2D eigenvalue weighted by Gasteiger charge is -2.48. The summed E-state index contributed by atoms with van der Waals surface area (Å²) in [6.45, 7) is 1.93. The zero-order valence-corrected chi connectivity index (χ0v) is 12.4. The van der Waals surface area contributed by atoms with Crippen LogP contribution in [0.25, 0.3) is 0 Å². The number of ether oxygens (including phenoxy) is 2. The highest BCUT2D eigenvalue weighted by Crippen LogP contribution is 2.64. The molecule has 3 aliphatic heterocycles. The Morgan fingerprint density at radius 1 is 1.33 bits per heavy atom. The van der Waals surface area contributed by atoms with Gasteiger partial charge in [0, 0.05) is 18.7 Å². The highest BCUT2D eigenvalue weighted by Gasteiger charge is 2.70. The molecule has 5 rings (SSSR count). The minimum Gasteiger partial charge on any atom is -0.493 e.